The van der Waals surface area contributed by atoms with E-state index in [0.29, 0.717) is 6.54 Å². The molecule has 1 saturated heterocycles. The summed E-state index contributed by atoms with van der Waals surface area (Å²) in [4.78, 5) is 12.9. The summed E-state index contributed by atoms with van der Waals surface area (Å²) in [6.45, 7) is 6.50. The van der Waals surface area contributed by atoms with Gasteiger partial charge in [0.1, 0.15) is 5.75 Å². The number of rotatable bonds is 8. The van der Waals surface area contributed by atoms with Gasteiger partial charge >= 0.3 is 0 Å². The molecule has 1 aliphatic heterocycles. The molecule has 0 spiro atoms. The van der Waals surface area contributed by atoms with E-state index in [-0.39, 0.29) is 30.0 Å². The van der Waals surface area contributed by atoms with Crippen LogP contribution < -0.4 is 15.4 Å². The van der Waals surface area contributed by atoms with Gasteiger partial charge in [-0.05, 0) is 50.6 Å². The lowest BCUT2D eigenvalue weighted by molar-refractivity contribution is 0.245. The zero-order chi connectivity index (χ0) is 20.8. The number of ether oxygens (including phenoxy) is 1. The minimum atomic E-state index is 0. The van der Waals surface area contributed by atoms with Crippen LogP contribution in [-0.4, -0.2) is 53.5 Å². The summed E-state index contributed by atoms with van der Waals surface area (Å²) in [5.74, 6) is 1.72. The maximum Gasteiger partial charge on any atom is 0.193 e. The molecule has 4 rings (SSSR count). The second kappa shape index (κ2) is 11.7. The van der Waals surface area contributed by atoms with Crippen molar-refractivity contribution >= 4 is 46.2 Å². The fraction of sp³-hybridized carbons (Fsp3) is 0.455. The average Bonchev–Trinajstić information content (AvgIpc) is 3.50. The van der Waals surface area contributed by atoms with Gasteiger partial charge in [0, 0.05) is 30.9 Å². The molecule has 2 N–H and O–H groups in total. The van der Waals surface area contributed by atoms with Crippen LogP contribution in [0.25, 0.3) is 4.96 Å². The van der Waals surface area contributed by atoms with E-state index in [1.807, 2.05) is 28.2 Å². The highest BCUT2D eigenvalue weighted by atomic mass is 127. The fourth-order valence-corrected chi connectivity index (χ4v) is 4.63. The number of halogens is 1. The lowest BCUT2D eigenvalue weighted by Crippen LogP contribution is -2.42. The Morgan fingerprint density at radius 1 is 1.29 bits per heavy atom. The van der Waals surface area contributed by atoms with E-state index in [4.69, 9.17) is 9.73 Å². The van der Waals surface area contributed by atoms with Crippen molar-refractivity contribution in [2.45, 2.75) is 32.4 Å². The summed E-state index contributed by atoms with van der Waals surface area (Å²) < 4.78 is 7.50. The molecule has 7 nitrogen and oxygen atoms in total. The number of guanidine groups is 1. The number of aromatic nitrogens is 2. The van der Waals surface area contributed by atoms with E-state index in [2.05, 4.69) is 45.6 Å². The molecule has 1 aliphatic rings. The van der Waals surface area contributed by atoms with Gasteiger partial charge in [0.2, 0.25) is 0 Å². The molecule has 1 aromatic carbocycles. The smallest absolute Gasteiger partial charge is 0.193 e. The molecule has 1 unspecified atom stereocenters. The van der Waals surface area contributed by atoms with Crippen molar-refractivity contribution in [2.24, 2.45) is 4.99 Å². The van der Waals surface area contributed by atoms with Crippen molar-refractivity contribution < 1.29 is 4.74 Å². The zero-order valence-electron chi connectivity index (χ0n) is 18.1. The highest BCUT2D eigenvalue weighted by Crippen LogP contribution is 2.27. The van der Waals surface area contributed by atoms with E-state index in [1.54, 1.807) is 18.4 Å². The van der Waals surface area contributed by atoms with Gasteiger partial charge in [-0.2, -0.15) is 0 Å². The first-order valence-electron chi connectivity index (χ1n) is 10.6. The molecular formula is C22H31IN6OS. The van der Waals surface area contributed by atoms with E-state index < -0.39 is 0 Å². The van der Waals surface area contributed by atoms with Crippen LogP contribution in [0, 0.1) is 0 Å². The molecule has 1 fully saturated rings. The lowest BCUT2D eigenvalue weighted by atomic mass is 10.1. The number of hydrogen-bond donors (Lipinski definition) is 2. The number of nitrogens with zero attached hydrogens (tertiary/aromatic N) is 4. The van der Waals surface area contributed by atoms with Gasteiger partial charge in [-0.3, -0.25) is 9.30 Å². The van der Waals surface area contributed by atoms with E-state index in [1.165, 1.54) is 18.4 Å². The van der Waals surface area contributed by atoms with Gasteiger partial charge in [0.05, 0.1) is 25.4 Å². The summed E-state index contributed by atoms with van der Waals surface area (Å²) in [5.41, 5.74) is 2.25. The van der Waals surface area contributed by atoms with Crippen LogP contribution in [-0.2, 0) is 6.54 Å². The van der Waals surface area contributed by atoms with Crippen LogP contribution in [0.5, 0.6) is 5.75 Å². The predicted molar refractivity (Wildman–Crippen MR) is 138 cm³/mol. The molecule has 168 valence electrons. The molecular weight excluding hydrogens is 523 g/mol. The molecule has 0 bridgehead atoms. The van der Waals surface area contributed by atoms with E-state index in [9.17, 15) is 0 Å². The number of thiazole rings is 1. The van der Waals surface area contributed by atoms with Crippen molar-refractivity contribution in [2.75, 3.05) is 33.3 Å². The highest BCUT2D eigenvalue weighted by molar-refractivity contribution is 14.0. The third kappa shape index (κ3) is 6.11. The van der Waals surface area contributed by atoms with Crippen LogP contribution >= 0.6 is 35.3 Å². The van der Waals surface area contributed by atoms with Crippen molar-refractivity contribution in [1.29, 1.82) is 0 Å². The molecule has 3 aromatic rings. The maximum atomic E-state index is 5.45. The van der Waals surface area contributed by atoms with Crippen LogP contribution in [0.4, 0.5) is 0 Å². The molecule has 2 aromatic heterocycles. The zero-order valence-corrected chi connectivity index (χ0v) is 21.2. The Balaban J connectivity index is 0.00000272. The lowest BCUT2D eigenvalue weighted by Gasteiger charge is -2.29. The number of hydrogen-bond acceptors (Lipinski definition) is 5. The first-order chi connectivity index (χ1) is 14.8. The van der Waals surface area contributed by atoms with Crippen molar-refractivity contribution in [3.8, 4) is 5.75 Å². The van der Waals surface area contributed by atoms with Crippen LogP contribution in [0.2, 0.25) is 0 Å². The molecule has 0 saturated carbocycles. The molecule has 9 heteroatoms. The normalized spacial score (nSPS) is 15.6. The Bertz CT molecular complexity index is 953. The van der Waals surface area contributed by atoms with Crippen LogP contribution in [0.15, 0.2) is 47.0 Å². The van der Waals surface area contributed by atoms with Gasteiger partial charge in [0.25, 0.3) is 0 Å². The summed E-state index contributed by atoms with van der Waals surface area (Å²) in [6, 6.07) is 8.69. The summed E-state index contributed by atoms with van der Waals surface area (Å²) >= 11 is 1.64. The van der Waals surface area contributed by atoms with E-state index in [0.717, 1.165) is 48.5 Å². The largest absolute Gasteiger partial charge is 0.497 e. The van der Waals surface area contributed by atoms with Crippen LogP contribution in [0.3, 0.4) is 0 Å². The summed E-state index contributed by atoms with van der Waals surface area (Å²) in [6.07, 6.45) is 6.58. The number of methoxy groups -OCH3 is 1. The average molecular weight is 555 g/mol. The molecule has 31 heavy (non-hydrogen) atoms. The Morgan fingerprint density at radius 2 is 2.13 bits per heavy atom. The quantitative estimate of drug-likeness (QED) is 0.251. The number of nitrogens with one attached hydrogen (secondary N) is 2. The Labute approximate surface area is 204 Å². The van der Waals surface area contributed by atoms with Crippen molar-refractivity contribution in [1.82, 2.24) is 24.9 Å². The molecule has 1 atom stereocenters. The Kier molecular flexibility index (Phi) is 8.97. The van der Waals surface area contributed by atoms with Gasteiger partial charge in [0.15, 0.2) is 10.9 Å². The predicted octanol–water partition coefficient (Wildman–Crippen LogP) is 3.91. The first-order valence-corrected chi connectivity index (χ1v) is 11.5. The summed E-state index contributed by atoms with van der Waals surface area (Å²) in [5, 5.41) is 8.96. The molecule has 0 radical (unpaired) electrons. The number of fused-ring (bicyclic) bond motifs is 1. The van der Waals surface area contributed by atoms with Crippen LogP contribution in [0.1, 0.15) is 37.1 Å². The molecule has 0 aliphatic carbocycles. The SMILES string of the molecule is CCNC(=NCc1cn2ccsc2n1)NCC(c1cccc(OC)c1)N1CCCC1.I. The van der Waals surface area contributed by atoms with Gasteiger partial charge in [-0.1, -0.05) is 12.1 Å². The fourth-order valence-electron chi connectivity index (χ4n) is 3.91. The van der Waals surface area contributed by atoms with Gasteiger partial charge < -0.3 is 15.4 Å². The molecule has 0 amide bonds. The molecule has 3 heterocycles. The number of imidazole rings is 1. The Morgan fingerprint density at radius 3 is 2.87 bits per heavy atom. The topological polar surface area (TPSA) is 66.2 Å². The van der Waals surface area contributed by atoms with Crippen molar-refractivity contribution in [3.63, 3.8) is 0 Å². The van der Waals surface area contributed by atoms with Crippen molar-refractivity contribution in [3.05, 3.63) is 53.3 Å². The highest BCUT2D eigenvalue weighted by Gasteiger charge is 2.24. The van der Waals surface area contributed by atoms with Gasteiger partial charge in [-0.25, -0.2) is 9.98 Å². The minimum Gasteiger partial charge on any atom is -0.497 e. The first kappa shape index (κ1) is 23.8. The number of benzene rings is 1. The third-order valence-corrected chi connectivity index (χ3v) is 6.18. The monoisotopic (exact) mass is 554 g/mol. The number of aliphatic imine (C=N–C) groups is 1. The Hall–Kier alpha value is -1.85. The summed E-state index contributed by atoms with van der Waals surface area (Å²) in [7, 11) is 1.72. The standard InChI is InChI=1S/C22H30N6OS.HI/c1-3-23-21(24-14-18-16-28-11-12-30-22(28)26-18)25-15-20(27-9-4-5-10-27)17-7-6-8-19(13-17)29-2;/h6-8,11-13,16,20H,3-5,9-10,14-15H2,1-2H3,(H2,23,24,25);1H. The maximum absolute atomic E-state index is 5.45. The third-order valence-electron chi connectivity index (χ3n) is 5.41. The second-order valence-corrected chi connectivity index (χ2v) is 8.31. The minimum absolute atomic E-state index is 0. The second-order valence-electron chi connectivity index (χ2n) is 7.44. The number of likely N-dealkylation sites (tertiary alicyclic amines) is 1. The van der Waals surface area contributed by atoms with E-state index >= 15 is 0 Å². The van der Waals surface area contributed by atoms with Gasteiger partial charge in [-0.15, -0.1) is 35.3 Å².